The van der Waals surface area contributed by atoms with Gasteiger partial charge in [0.15, 0.2) is 0 Å². The van der Waals surface area contributed by atoms with Gasteiger partial charge in [0.1, 0.15) is 5.82 Å². The summed E-state index contributed by atoms with van der Waals surface area (Å²) in [6, 6.07) is 9.15. The van der Waals surface area contributed by atoms with Gasteiger partial charge in [-0.05, 0) is 59.2 Å². The molecule has 1 atom stereocenters. The molecule has 0 radical (unpaired) electrons. The zero-order valence-corrected chi connectivity index (χ0v) is 15.7. The third-order valence-corrected chi connectivity index (χ3v) is 5.32. The van der Waals surface area contributed by atoms with Gasteiger partial charge in [0.05, 0.1) is 10.5 Å². The molecule has 0 aliphatic rings. The van der Waals surface area contributed by atoms with Crippen LogP contribution in [0.3, 0.4) is 0 Å². The maximum Gasteiger partial charge on any atom is 0.142 e. The summed E-state index contributed by atoms with van der Waals surface area (Å²) in [6.45, 7) is 2.02. The van der Waals surface area contributed by atoms with Crippen LogP contribution >= 0.6 is 47.8 Å². The zero-order chi connectivity index (χ0) is 14.9. The van der Waals surface area contributed by atoms with E-state index < -0.39 is 0 Å². The SMILES string of the molecule is CNC(c1cc(Br)c(C)cc1Br)c1cccc(Br)c1F. The van der Waals surface area contributed by atoms with E-state index in [0.29, 0.717) is 10.0 Å². The van der Waals surface area contributed by atoms with Gasteiger partial charge in [0, 0.05) is 14.5 Å². The molecule has 0 spiro atoms. The molecule has 1 nitrogen and oxygen atoms in total. The maximum absolute atomic E-state index is 14.3. The number of benzene rings is 2. The Hall–Kier alpha value is -0.230. The van der Waals surface area contributed by atoms with E-state index in [1.54, 1.807) is 12.1 Å². The topological polar surface area (TPSA) is 12.0 Å². The first-order chi connectivity index (χ1) is 9.45. The lowest BCUT2D eigenvalue weighted by Crippen LogP contribution is -2.19. The van der Waals surface area contributed by atoms with Crippen molar-refractivity contribution in [2.24, 2.45) is 0 Å². The predicted octanol–water partition coefficient (Wildman–Crippen LogP) is 5.73. The molecule has 0 aliphatic heterocycles. The van der Waals surface area contributed by atoms with Crippen molar-refractivity contribution in [3.63, 3.8) is 0 Å². The van der Waals surface area contributed by atoms with E-state index in [9.17, 15) is 4.39 Å². The van der Waals surface area contributed by atoms with Gasteiger partial charge < -0.3 is 5.32 Å². The maximum atomic E-state index is 14.3. The molecule has 5 heteroatoms. The van der Waals surface area contributed by atoms with E-state index in [4.69, 9.17) is 0 Å². The van der Waals surface area contributed by atoms with Gasteiger partial charge in [-0.3, -0.25) is 0 Å². The Morgan fingerprint density at radius 2 is 1.70 bits per heavy atom. The molecule has 1 N–H and O–H groups in total. The Morgan fingerprint density at radius 1 is 1.00 bits per heavy atom. The van der Waals surface area contributed by atoms with E-state index in [1.165, 1.54) is 0 Å². The Labute approximate surface area is 143 Å². The van der Waals surface area contributed by atoms with Crippen LogP contribution in [0.15, 0.2) is 43.7 Å². The van der Waals surface area contributed by atoms with Crippen molar-refractivity contribution in [2.45, 2.75) is 13.0 Å². The van der Waals surface area contributed by atoms with Crippen LogP contribution in [0.1, 0.15) is 22.7 Å². The molecule has 0 saturated carbocycles. The Kier molecular flexibility index (Phi) is 5.40. The van der Waals surface area contributed by atoms with Gasteiger partial charge in [-0.1, -0.05) is 44.0 Å². The third kappa shape index (κ3) is 3.16. The average molecular weight is 466 g/mol. The summed E-state index contributed by atoms with van der Waals surface area (Å²) < 4.78 is 16.8. The Morgan fingerprint density at radius 3 is 2.35 bits per heavy atom. The molecule has 106 valence electrons. The van der Waals surface area contributed by atoms with Crippen LogP contribution in [0, 0.1) is 12.7 Å². The second kappa shape index (κ2) is 6.69. The van der Waals surface area contributed by atoms with Crippen LogP contribution in [0.2, 0.25) is 0 Å². The summed E-state index contributed by atoms with van der Waals surface area (Å²) in [7, 11) is 1.82. The summed E-state index contributed by atoms with van der Waals surface area (Å²) in [4.78, 5) is 0. The first kappa shape index (κ1) is 16.1. The zero-order valence-electron chi connectivity index (χ0n) is 11.0. The molecule has 0 fully saturated rings. The molecular weight excluding hydrogens is 453 g/mol. The van der Waals surface area contributed by atoms with Crippen molar-refractivity contribution in [1.29, 1.82) is 0 Å². The molecule has 2 aromatic carbocycles. The lowest BCUT2D eigenvalue weighted by Gasteiger charge is -2.21. The number of nitrogens with one attached hydrogen (secondary N) is 1. The lowest BCUT2D eigenvalue weighted by atomic mass is 9.97. The van der Waals surface area contributed by atoms with Crippen LogP contribution in [0.4, 0.5) is 4.39 Å². The summed E-state index contributed by atoms with van der Waals surface area (Å²) in [6.07, 6.45) is 0. The van der Waals surface area contributed by atoms with Crippen LogP contribution in [0.5, 0.6) is 0 Å². The largest absolute Gasteiger partial charge is 0.309 e. The van der Waals surface area contributed by atoms with Crippen LogP contribution < -0.4 is 5.32 Å². The molecule has 0 amide bonds. The first-order valence-corrected chi connectivity index (χ1v) is 8.40. The summed E-state index contributed by atoms with van der Waals surface area (Å²) in [5, 5.41) is 3.18. The van der Waals surface area contributed by atoms with Crippen molar-refractivity contribution in [3.8, 4) is 0 Å². The fourth-order valence-corrected chi connectivity index (χ4v) is 3.53. The smallest absolute Gasteiger partial charge is 0.142 e. The molecule has 1 unspecified atom stereocenters. The van der Waals surface area contributed by atoms with Crippen LogP contribution in [-0.4, -0.2) is 7.05 Å². The summed E-state index contributed by atoms with van der Waals surface area (Å²) in [5.41, 5.74) is 2.73. The van der Waals surface area contributed by atoms with Gasteiger partial charge in [-0.15, -0.1) is 0 Å². The van der Waals surface area contributed by atoms with E-state index >= 15 is 0 Å². The van der Waals surface area contributed by atoms with Gasteiger partial charge in [0.2, 0.25) is 0 Å². The van der Waals surface area contributed by atoms with Crippen molar-refractivity contribution in [2.75, 3.05) is 7.05 Å². The fourth-order valence-electron chi connectivity index (χ4n) is 2.10. The molecule has 2 rings (SSSR count). The lowest BCUT2D eigenvalue weighted by molar-refractivity contribution is 0.570. The molecule has 0 aromatic heterocycles. The molecular formula is C15H13Br3FN. The molecule has 2 aromatic rings. The highest BCUT2D eigenvalue weighted by Crippen LogP contribution is 2.35. The van der Waals surface area contributed by atoms with E-state index in [1.807, 2.05) is 32.2 Å². The first-order valence-electron chi connectivity index (χ1n) is 6.02. The molecule has 0 heterocycles. The monoisotopic (exact) mass is 463 g/mol. The number of aryl methyl sites for hydroxylation is 1. The number of hydrogen-bond acceptors (Lipinski definition) is 1. The van der Waals surface area contributed by atoms with Crippen LogP contribution in [0.25, 0.3) is 0 Å². The molecule has 20 heavy (non-hydrogen) atoms. The predicted molar refractivity (Wildman–Crippen MR) is 91.6 cm³/mol. The Bertz CT molecular complexity index is 643. The minimum Gasteiger partial charge on any atom is -0.309 e. The minimum atomic E-state index is -0.240. The number of rotatable bonds is 3. The van der Waals surface area contributed by atoms with Crippen molar-refractivity contribution < 1.29 is 4.39 Å². The Balaban J connectivity index is 2.58. The quantitative estimate of drug-likeness (QED) is 0.610. The average Bonchev–Trinajstić information content (AvgIpc) is 2.41. The minimum absolute atomic E-state index is 0.223. The van der Waals surface area contributed by atoms with Crippen molar-refractivity contribution >= 4 is 47.8 Å². The van der Waals surface area contributed by atoms with Gasteiger partial charge >= 0.3 is 0 Å². The standard InChI is InChI=1S/C15H13Br3FN/c1-8-6-13(18)10(7-12(8)17)15(20-2)9-4-3-5-11(16)14(9)19/h3-7,15,20H,1-2H3. The van der Waals surface area contributed by atoms with E-state index in [-0.39, 0.29) is 11.9 Å². The van der Waals surface area contributed by atoms with Crippen molar-refractivity contribution in [1.82, 2.24) is 5.32 Å². The number of hydrogen-bond donors (Lipinski definition) is 1. The second-order valence-corrected chi connectivity index (χ2v) is 7.05. The van der Waals surface area contributed by atoms with Gasteiger partial charge in [0.25, 0.3) is 0 Å². The van der Waals surface area contributed by atoms with Crippen LogP contribution in [-0.2, 0) is 0 Å². The fraction of sp³-hybridized carbons (Fsp3) is 0.200. The second-order valence-electron chi connectivity index (χ2n) is 4.49. The van der Waals surface area contributed by atoms with Crippen molar-refractivity contribution in [3.05, 3.63) is 66.3 Å². The third-order valence-electron chi connectivity index (χ3n) is 3.17. The van der Waals surface area contributed by atoms with Gasteiger partial charge in [-0.25, -0.2) is 4.39 Å². The molecule has 0 saturated heterocycles. The number of halogens is 4. The highest BCUT2D eigenvalue weighted by molar-refractivity contribution is 9.11. The molecule has 0 aliphatic carbocycles. The highest BCUT2D eigenvalue weighted by Gasteiger charge is 2.20. The summed E-state index contributed by atoms with van der Waals surface area (Å²) >= 11 is 10.3. The normalized spacial score (nSPS) is 12.5. The molecule has 0 bridgehead atoms. The highest BCUT2D eigenvalue weighted by atomic mass is 79.9. The van der Waals surface area contributed by atoms with E-state index in [0.717, 1.165) is 20.1 Å². The summed E-state index contributed by atoms with van der Waals surface area (Å²) in [5.74, 6) is -0.240. The van der Waals surface area contributed by atoms with Gasteiger partial charge in [-0.2, -0.15) is 0 Å². The van der Waals surface area contributed by atoms with E-state index in [2.05, 4.69) is 53.1 Å².